The number of amides is 1. The van der Waals surface area contributed by atoms with Gasteiger partial charge in [0.2, 0.25) is 5.91 Å². The van der Waals surface area contributed by atoms with E-state index in [4.69, 9.17) is 10.00 Å². The van der Waals surface area contributed by atoms with Crippen LogP contribution in [-0.2, 0) is 21.4 Å². The van der Waals surface area contributed by atoms with Gasteiger partial charge in [0.05, 0.1) is 29.3 Å². The lowest BCUT2D eigenvalue weighted by Crippen LogP contribution is -2.36. The lowest BCUT2D eigenvalue weighted by Gasteiger charge is -2.26. The molecule has 0 atom stereocenters. The molecule has 0 N–H and O–H groups in total. The van der Waals surface area contributed by atoms with Crippen LogP contribution in [0, 0.1) is 25.2 Å². The molecule has 3 rings (SSSR count). The Hall–Kier alpha value is -3.83. The Morgan fingerprint density at radius 2 is 1.66 bits per heavy atom. The zero-order chi connectivity index (χ0) is 25.6. The number of sulfonamides is 1. The summed E-state index contributed by atoms with van der Waals surface area (Å²) < 4.78 is 33.9. The van der Waals surface area contributed by atoms with E-state index in [-0.39, 0.29) is 23.8 Å². The highest BCUT2D eigenvalue weighted by atomic mass is 32.2. The van der Waals surface area contributed by atoms with Crippen LogP contribution >= 0.6 is 0 Å². The fourth-order valence-corrected chi connectivity index (χ4v) is 5.45. The molecule has 0 aliphatic heterocycles. The topological polar surface area (TPSA) is 90.7 Å². The molecule has 0 heterocycles. The highest BCUT2D eigenvalue weighted by molar-refractivity contribution is 7.92. The minimum Gasteiger partial charge on any atom is -0.497 e. The summed E-state index contributed by atoms with van der Waals surface area (Å²) in [5, 5.41) is 8.95. The second-order valence-electron chi connectivity index (χ2n) is 8.35. The number of carbonyl (C=O) groups excluding carboxylic acids is 1. The first-order valence-electron chi connectivity index (χ1n) is 11.1. The molecule has 0 aliphatic rings. The molecule has 0 unspecified atom stereocenters. The Morgan fingerprint density at radius 1 is 1.00 bits per heavy atom. The Morgan fingerprint density at radius 3 is 2.23 bits per heavy atom. The third-order valence-corrected chi connectivity index (χ3v) is 7.70. The number of hydrogen-bond acceptors (Lipinski definition) is 5. The number of nitriles is 1. The summed E-state index contributed by atoms with van der Waals surface area (Å²) in [4.78, 5) is 14.7. The van der Waals surface area contributed by atoms with E-state index in [1.807, 2.05) is 13.0 Å². The quantitative estimate of drug-likeness (QED) is 0.442. The first-order valence-corrected chi connectivity index (χ1v) is 12.6. The van der Waals surface area contributed by atoms with Crippen LogP contribution in [0.5, 0.6) is 5.75 Å². The van der Waals surface area contributed by atoms with Crippen LogP contribution in [-0.4, -0.2) is 39.9 Å². The summed E-state index contributed by atoms with van der Waals surface area (Å²) >= 11 is 0. The van der Waals surface area contributed by atoms with Crippen LogP contribution in [0.3, 0.4) is 0 Å². The maximum Gasteiger partial charge on any atom is 0.264 e. The average molecular weight is 492 g/mol. The number of benzene rings is 3. The van der Waals surface area contributed by atoms with Crippen molar-refractivity contribution >= 4 is 21.6 Å². The van der Waals surface area contributed by atoms with Crippen molar-refractivity contribution in [3.63, 3.8) is 0 Å². The van der Waals surface area contributed by atoms with E-state index in [0.29, 0.717) is 29.1 Å². The van der Waals surface area contributed by atoms with Gasteiger partial charge < -0.3 is 9.64 Å². The number of hydrogen-bond donors (Lipinski definition) is 0. The second-order valence-corrected chi connectivity index (χ2v) is 10.2. The predicted octanol–water partition coefficient (Wildman–Crippen LogP) is 4.43. The van der Waals surface area contributed by atoms with Crippen molar-refractivity contribution in [1.29, 1.82) is 5.26 Å². The summed E-state index contributed by atoms with van der Waals surface area (Å²) in [7, 11) is -0.697. The Balaban J connectivity index is 1.83. The number of methoxy groups -OCH3 is 1. The summed E-state index contributed by atoms with van der Waals surface area (Å²) in [6.45, 7) is 4.02. The molecule has 0 aromatic heterocycles. The Kier molecular flexibility index (Phi) is 8.15. The Bertz CT molecular complexity index is 1330. The van der Waals surface area contributed by atoms with Gasteiger partial charge in [-0.15, -0.1) is 0 Å². The van der Waals surface area contributed by atoms with Crippen LogP contribution in [0.2, 0.25) is 0 Å². The van der Waals surface area contributed by atoms with Gasteiger partial charge in [0.15, 0.2) is 0 Å². The van der Waals surface area contributed by atoms with Gasteiger partial charge in [-0.3, -0.25) is 9.10 Å². The van der Waals surface area contributed by atoms with Crippen LogP contribution in [0.4, 0.5) is 5.69 Å². The summed E-state index contributed by atoms with van der Waals surface area (Å²) in [6, 6.07) is 21.0. The average Bonchev–Trinajstić information content (AvgIpc) is 2.84. The second kappa shape index (κ2) is 11.1. The van der Waals surface area contributed by atoms with E-state index >= 15 is 0 Å². The van der Waals surface area contributed by atoms with Gasteiger partial charge in [0, 0.05) is 26.6 Å². The molecule has 8 heteroatoms. The molecular formula is C27H29N3O4S. The predicted molar refractivity (Wildman–Crippen MR) is 136 cm³/mol. The normalized spacial score (nSPS) is 10.9. The lowest BCUT2D eigenvalue weighted by molar-refractivity contribution is -0.130. The van der Waals surface area contributed by atoms with Crippen molar-refractivity contribution in [2.45, 2.75) is 31.7 Å². The number of anilines is 1. The van der Waals surface area contributed by atoms with E-state index in [1.54, 1.807) is 86.6 Å². The van der Waals surface area contributed by atoms with Crippen LogP contribution in [0.15, 0.2) is 71.6 Å². The highest BCUT2D eigenvalue weighted by Crippen LogP contribution is 2.28. The highest BCUT2D eigenvalue weighted by Gasteiger charge is 2.27. The van der Waals surface area contributed by atoms with Gasteiger partial charge >= 0.3 is 0 Å². The zero-order valence-corrected chi connectivity index (χ0v) is 21.2. The van der Waals surface area contributed by atoms with Gasteiger partial charge in [0.25, 0.3) is 10.0 Å². The molecule has 0 radical (unpaired) electrons. The minimum atomic E-state index is -3.92. The van der Waals surface area contributed by atoms with Crippen molar-refractivity contribution in [2.24, 2.45) is 0 Å². The molecule has 3 aromatic carbocycles. The SMILES string of the molecule is COc1ccc(N(CCC(=O)N(C)Cc2ccc(C#N)cc2)S(=O)(=O)c2ccc(C)cc2C)cc1. The fourth-order valence-electron chi connectivity index (χ4n) is 3.78. The third-order valence-electron chi connectivity index (χ3n) is 5.72. The van der Waals surface area contributed by atoms with Crippen molar-refractivity contribution in [1.82, 2.24) is 4.90 Å². The standard InChI is InChI=1S/C27H29N3O4S/c1-20-5-14-26(21(2)17-20)35(32,33)30(24-10-12-25(34-4)13-11-24)16-15-27(31)29(3)19-23-8-6-22(18-28)7-9-23/h5-14,17H,15-16,19H2,1-4H3. The molecule has 1 amide bonds. The van der Waals surface area contributed by atoms with Crippen molar-refractivity contribution in [3.8, 4) is 11.8 Å². The molecule has 0 saturated carbocycles. The van der Waals surface area contributed by atoms with Crippen molar-refractivity contribution in [3.05, 3.63) is 89.0 Å². The van der Waals surface area contributed by atoms with Crippen LogP contribution < -0.4 is 9.04 Å². The first kappa shape index (κ1) is 25.8. The van der Waals surface area contributed by atoms with E-state index < -0.39 is 10.0 Å². The molecule has 0 aliphatic carbocycles. The molecule has 182 valence electrons. The minimum absolute atomic E-state index is 0.00292. The molecular weight excluding hydrogens is 462 g/mol. The van der Waals surface area contributed by atoms with E-state index in [1.165, 1.54) is 4.31 Å². The zero-order valence-electron chi connectivity index (χ0n) is 20.4. The molecule has 0 spiro atoms. The van der Waals surface area contributed by atoms with Gasteiger partial charge in [-0.05, 0) is 67.4 Å². The van der Waals surface area contributed by atoms with E-state index in [2.05, 4.69) is 6.07 Å². The first-order chi connectivity index (χ1) is 16.6. The number of nitrogens with zero attached hydrogens (tertiary/aromatic N) is 3. The maximum absolute atomic E-state index is 13.7. The van der Waals surface area contributed by atoms with Crippen LogP contribution in [0.1, 0.15) is 28.7 Å². The van der Waals surface area contributed by atoms with Crippen molar-refractivity contribution < 1.29 is 17.9 Å². The molecule has 7 nitrogen and oxygen atoms in total. The number of aryl methyl sites for hydroxylation is 2. The van der Waals surface area contributed by atoms with Gasteiger partial charge in [0.1, 0.15) is 5.75 Å². The van der Waals surface area contributed by atoms with E-state index in [0.717, 1.165) is 11.1 Å². The summed E-state index contributed by atoms with van der Waals surface area (Å²) in [5.41, 5.74) is 3.50. The summed E-state index contributed by atoms with van der Waals surface area (Å²) in [6.07, 6.45) is 0.00292. The molecule has 3 aromatic rings. The molecule has 0 fully saturated rings. The molecule has 0 saturated heterocycles. The van der Waals surface area contributed by atoms with Crippen LogP contribution in [0.25, 0.3) is 0 Å². The van der Waals surface area contributed by atoms with Gasteiger partial charge in [-0.25, -0.2) is 8.42 Å². The smallest absolute Gasteiger partial charge is 0.264 e. The number of carbonyl (C=O) groups is 1. The molecule has 0 bridgehead atoms. The number of ether oxygens (including phenoxy) is 1. The fraction of sp³-hybridized carbons (Fsp3) is 0.259. The van der Waals surface area contributed by atoms with Gasteiger partial charge in [-0.2, -0.15) is 5.26 Å². The summed E-state index contributed by atoms with van der Waals surface area (Å²) in [5.74, 6) is 0.416. The third kappa shape index (κ3) is 6.19. The molecule has 35 heavy (non-hydrogen) atoms. The van der Waals surface area contributed by atoms with Gasteiger partial charge in [-0.1, -0.05) is 29.8 Å². The Labute approximate surface area is 207 Å². The largest absolute Gasteiger partial charge is 0.497 e. The lowest BCUT2D eigenvalue weighted by atomic mass is 10.1. The van der Waals surface area contributed by atoms with E-state index in [9.17, 15) is 13.2 Å². The number of rotatable bonds is 9. The monoisotopic (exact) mass is 491 g/mol. The maximum atomic E-state index is 13.7. The van der Waals surface area contributed by atoms with Crippen molar-refractivity contribution in [2.75, 3.05) is 25.0 Å².